The summed E-state index contributed by atoms with van der Waals surface area (Å²) in [4.78, 5) is 17.5. The fraction of sp³-hybridized carbons (Fsp3) is 0.524. The molecule has 0 saturated carbocycles. The molecule has 2 atom stereocenters. The molecule has 142 valence electrons. The molecule has 6 nitrogen and oxygen atoms in total. The van der Waals surface area contributed by atoms with Crippen molar-refractivity contribution >= 4 is 5.91 Å². The van der Waals surface area contributed by atoms with Crippen LogP contribution in [0.4, 0.5) is 0 Å². The predicted molar refractivity (Wildman–Crippen MR) is 101 cm³/mol. The number of carbonyl (C=O) groups is 1. The Bertz CT molecular complexity index is 781. The topological polar surface area (TPSA) is 50.6 Å². The van der Waals surface area contributed by atoms with E-state index in [0.29, 0.717) is 18.5 Å². The smallest absolute Gasteiger partial charge is 0.244 e. The van der Waals surface area contributed by atoms with E-state index in [4.69, 9.17) is 4.74 Å². The van der Waals surface area contributed by atoms with Crippen LogP contribution >= 0.6 is 0 Å². The number of fused-ring (bicyclic) bond motifs is 4. The lowest BCUT2D eigenvalue weighted by atomic mass is 10.1. The second-order valence-electron chi connectivity index (χ2n) is 8.09. The van der Waals surface area contributed by atoms with E-state index >= 15 is 0 Å². The van der Waals surface area contributed by atoms with Gasteiger partial charge in [-0.15, -0.1) is 0 Å². The first kappa shape index (κ1) is 17.0. The molecule has 6 heteroatoms. The molecule has 1 aromatic carbocycles. The average molecular weight is 366 g/mol. The SMILES string of the molecule is O=C(Cn1cccn1)N1C[C@@H]2COC[C@H](C1)N(C1Cc3ccccc3C1)C2. The van der Waals surface area contributed by atoms with E-state index in [9.17, 15) is 4.79 Å². The summed E-state index contributed by atoms with van der Waals surface area (Å²) in [5.74, 6) is 0.537. The summed E-state index contributed by atoms with van der Waals surface area (Å²) in [5.41, 5.74) is 2.96. The van der Waals surface area contributed by atoms with E-state index in [1.165, 1.54) is 11.1 Å². The van der Waals surface area contributed by atoms with Gasteiger partial charge >= 0.3 is 0 Å². The normalized spacial score (nSPS) is 26.0. The summed E-state index contributed by atoms with van der Waals surface area (Å²) < 4.78 is 7.68. The minimum Gasteiger partial charge on any atom is -0.379 e. The first-order chi connectivity index (χ1) is 13.3. The molecule has 0 N–H and O–H groups in total. The molecule has 0 radical (unpaired) electrons. The van der Waals surface area contributed by atoms with Crippen LogP contribution < -0.4 is 0 Å². The van der Waals surface area contributed by atoms with Crippen LogP contribution in [0.25, 0.3) is 0 Å². The third-order valence-corrected chi connectivity index (χ3v) is 6.22. The maximum atomic E-state index is 12.9. The molecule has 2 fully saturated rings. The van der Waals surface area contributed by atoms with E-state index in [-0.39, 0.29) is 11.9 Å². The number of amides is 1. The highest BCUT2D eigenvalue weighted by atomic mass is 16.5. The van der Waals surface area contributed by atoms with Crippen molar-refractivity contribution in [2.45, 2.75) is 31.5 Å². The van der Waals surface area contributed by atoms with Gasteiger partial charge < -0.3 is 9.64 Å². The molecule has 3 heterocycles. The molecular weight excluding hydrogens is 340 g/mol. The minimum atomic E-state index is 0.159. The Morgan fingerprint density at radius 2 is 1.85 bits per heavy atom. The molecule has 2 bridgehead atoms. The van der Waals surface area contributed by atoms with Gasteiger partial charge in [0.1, 0.15) is 6.54 Å². The van der Waals surface area contributed by atoms with Crippen molar-refractivity contribution in [1.82, 2.24) is 19.6 Å². The molecule has 1 aliphatic carbocycles. The number of aromatic nitrogens is 2. The van der Waals surface area contributed by atoms with Crippen LogP contribution in [0.3, 0.4) is 0 Å². The molecule has 1 aromatic heterocycles. The monoisotopic (exact) mass is 366 g/mol. The molecular formula is C21H26N4O2. The van der Waals surface area contributed by atoms with Crippen LogP contribution in [0.2, 0.25) is 0 Å². The van der Waals surface area contributed by atoms with Crippen molar-refractivity contribution in [3.8, 4) is 0 Å². The highest BCUT2D eigenvalue weighted by Gasteiger charge is 2.39. The highest BCUT2D eigenvalue weighted by Crippen LogP contribution is 2.30. The van der Waals surface area contributed by atoms with Crippen LogP contribution in [-0.2, 0) is 28.9 Å². The van der Waals surface area contributed by atoms with Gasteiger partial charge in [-0.25, -0.2) is 0 Å². The average Bonchev–Trinajstić information content (AvgIpc) is 3.22. The van der Waals surface area contributed by atoms with Crippen LogP contribution in [0.15, 0.2) is 42.7 Å². The first-order valence-corrected chi connectivity index (χ1v) is 9.92. The van der Waals surface area contributed by atoms with Gasteiger partial charge in [0.25, 0.3) is 0 Å². The van der Waals surface area contributed by atoms with Crippen LogP contribution in [0.5, 0.6) is 0 Å². The lowest BCUT2D eigenvalue weighted by Crippen LogP contribution is -2.50. The van der Waals surface area contributed by atoms with Gasteiger partial charge in [-0.1, -0.05) is 24.3 Å². The largest absolute Gasteiger partial charge is 0.379 e. The Morgan fingerprint density at radius 3 is 2.59 bits per heavy atom. The van der Waals surface area contributed by atoms with Crippen LogP contribution in [0, 0.1) is 5.92 Å². The summed E-state index contributed by atoms with van der Waals surface area (Å²) in [7, 11) is 0. The highest BCUT2D eigenvalue weighted by molar-refractivity contribution is 5.76. The van der Waals surface area contributed by atoms with Gasteiger partial charge in [0.05, 0.1) is 19.3 Å². The second-order valence-corrected chi connectivity index (χ2v) is 8.09. The molecule has 5 rings (SSSR count). The van der Waals surface area contributed by atoms with Crippen molar-refractivity contribution in [2.75, 3.05) is 32.8 Å². The number of benzene rings is 1. The van der Waals surface area contributed by atoms with Gasteiger partial charge in [-0.2, -0.15) is 5.10 Å². The summed E-state index contributed by atoms with van der Waals surface area (Å²) >= 11 is 0. The Balaban J connectivity index is 1.32. The number of hydrogen-bond donors (Lipinski definition) is 0. The predicted octanol–water partition coefficient (Wildman–Crippen LogP) is 1.21. The molecule has 1 amide bonds. The Labute approximate surface area is 159 Å². The maximum absolute atomic E-state index is 12.9. The van der Waals surface area contributed by atoms with Gasteiger partial charge in [0.2, 0.25) is 5.91 Å². The van der Waals surface area contributed by atoms with Gasteiger partial charge in [-0.05, 0) is 30.0 Å². The quantitative estimate of drug-likeness (QED) is 0.819. The summed E-state index contributed by atoms with van der Waals surface area (Å²) in [6.45, 7) is 4.35. The van der Waals surface area contributed by atoms with Gasteiger partial charge in [0, 0.05) is 44.0 Å². The number of rotatable bonds is 3. The fourth-order valence-electron chi connectivity index (χ4n) is 4.93. The zero-order valence-electron chi connectivity index (χ0n) is 15.5. The van der Waals surface area contributed by atoms with Crippen molar-refractivity contribution in [1.29, 1.82) is 0 Å². The fourth-order valence-corrected chi connectivity index (χ4v) is 4.93. The molecule has 2 saturated heterocycles. The molecule has 0 spiro atoms. The van der Waals surface area contributed by atoms with E-state index in [2.05, 4.69) is 34.3 Å². The summed E-state index contributed by atoms with van der Waals surface area (Å²) in [6.07, 6.45) is 5.79. The lowest BCUT2D eigenvalue weighted by molar-refractivity contribution is -0.134. The molecule has 0 unspecified atom stereocenters. The Morgan fingerprint density at radius 1 is 1.04 bits per heavy atom. The van der Waals surface area contributed by atoms with Crippen molar-refractivity contribution < 1.29 is 9.53 Å². The zero-order chi connectivity index (χ0) is 18.2. The summed E-state index contributed by atoms with van der Waals surface area (Å²) in [6, 6.07) is 11.5. The van der Waals surface area contributed by atoms with Crippen LogP contribution in [0.1, 0.15) is 11.1 Å². The van der Waals surface area contributed by atoms with Gasteiger partial charge in [-0.3, -0.25) is 14.4 Å². The molecule has 2 aromatic rings. The number of carbonyl (C=O) groups excluding carboxylic acids is 1. The van der Waals surface area contributed by atoms with Gasteiger partial charge in [0.15, 0.2) is 0 Å². The molecule has 3 aliphatic rings. The number of ether oxygens (including phenoxy) is 1. The van der Waals surface area contributed by atoms with Crippen molar-refractivity contribution in [3.05, 3.63) is 53.9 Å². The van der Waals surface area contributed by atoms with E-state index in [0.717, 1.165) is 45.7 Å². The van der Waals surface area contributed by atoms with E-state index < -0.39 is 0 Å². The standard InChI is InChI=1S/C21H26N4O2/c26-21(13-24-7-3-6-22-24)23-10-16-11-25(20(12-23)15-27-14-16)19-8-17-4-1-2-5-18(17)9-19/h1-7,16,19-20H,8-15H2/t16-,20-/m0/s1. The molecule has 2 aliphatic heterocycles. The number of nitrogens with zero attached hydrogens (tertiary/aromatic N) is 4. The first-order valence-electron chi connectivity index (χ1n) is 9.92. The Kier molecular flexibility index (Phi) is 4.45. The maximum Gasteiger partial charge on any atom is 0.244 e. The summed E-state index contributed by atoms with van der Waals surface area (Å²) in [5, 5.41) is 4.18. The van der Waals surface area contributed by atoms with E-state index in [1.54, 1.807) is 10.9 Å². The Hall–Kier alpha value is -2.18. The third kappa shape index (κ3) is 3.39. The van der Waals surface area contributed by atoms with Crippen molar-refractivity contribution in [2.24, 2.45) is 5.92 Å². The number of hydrogen-bond acceptors (Lipinski definition) is 4. The van der Waals surface area contributed by atoms with Crippen LogP contribution in [-0.4, -0.2) is 70.4 Å². The third-order valence-electron chi connectivity index (χ3n) is 6.22. The zero-order valence-corrected chi connectivity index (χ0v) is 15.5. The minimum absolute atomic E-state index is 0.159. The molecule has 27 heavy (non-hydrogen) atoms. The van der Waals surface area contributed by atoms with Crippen molar-refractivity contribution in [3.63, 3.8) is 0 Å². The second kappa shape index (κ2) is 7.09. The lowest BCUT2D eigenvalue weighted by Gasteiger charge is -2.35. The van der Waals surface area contributed by atoms with E-state index in [1.807, 2.05) is 17.2 Å².